The van der Waals surface area contributed by atoms with Gasteiger partial charge in [-0.1, -0.05) is 6.07 Å². The predicted octanol–water partition coefficient (Wildman–Crippen LogP) is 2.62. The van der Waals surface area contributed by atoms with E-state index in [9.17, 15) is 14.0 Å². The summed E-state index contributed by atoms with van der Waals surface area (Å²) in [6, 6.07) is 10.3. The van der Waals surface area contributed by atoms with Gasteiger partial charge in [0.1, 0.15) is 5.82 Å². The van der Waals surface area contributed by atoms with Crippen LogP contribution in [0, 0.1) is 5.82 Å². The van der Waals surface area contributed by atoms with Gasteiger partial charge in [0.2, 0.25) is 0 Å². The zero-order valence-corrected chi connectivity index (χ0v) is 15.5. The zero-order chi connectivity index (χ0) is 20.1. The first-order valence-electron chi connectivity index (χ1n) is 8.06. The summed E-state index contributed by atoms with van der Waals surface area (Å²) in [6.45, 7) is -0.270. The van der Waals surface area contributed by atoms with Gasteiger partial charge in [0.15, 0.2) is 23.9 Å². The van der Waals surface area contributed by atoms with E-state index < -0.39 is 17.6 Å². The fourth-order valence-electron chi connectivity index (χ4n) is 2.34. The molecule has 3 rings (SSSR count). The van der Waals surface area contributed by atoms with Crippen LogP contribution in [-0.4, -0.2) is 30.7 Å². The van der Waals surface area contributed by atoms with Gasteiger partial charge in [-0.25, -0.2) is 4.39 Å². The van der Waals surface area contributed by atoms with Crippen molar-refractivity contribution < 1.29 is 28.2 Å². The highest BCUT2D eigenvalue weighted by Crippen LogP contribution is 2.29. The number of halogens is 1. The standard InChI is InChI=1S/C19H15FN2O5S/c1-25-15-8-11(9-16-18(24)22-19(28)27-16)2-7-14(15)26-10-17(23)21-13-5-3-12(20)4-6-13/h2-9H,10H2,1H3,(H,21,23)(H,22,24,28). The number of methoxy groups -OCH3 is 1. The Labute approximate surface area is 165 Å². The molecule has 1 saturated heterocycles. The van der Waals surface area contributed by atoms with Crippen LogP contribution in [0.25, 0.3) is 6.08 Å². The van der Waals surface area contributed by atoms with Gasteiger partial charge >= 0.3 is 0 Å². The molecule has 0 bridgehead atoms. The third-order valence-corrected chi connectivity index (χ3v) is 3.80. The fourth-order valence-corrected chi connectivity index (χ4v) is 2.52. The minimum Gasteiger partial charge on any atom is -0.493 e. The lowest BCUT2D eigenvalue weighted by Gasteiger charge is -2.11. The second kappa shape index (κ2) is 8.49. The Balaban J connectivity index is 1.64. The van der Waals surface area contributed by atoms with Gasteiger partial charge in [0.25, 0.3) is 17.0 Å². The maximum atomic E-state index is 12.9. The van der Waals surface area contributed by atoms with E-state index >= 15 is 0 Å². The van der Waals surface area contributed by atoms with Crippen LogP contribution in [0.15, 0.2) is 48.2 Å². The van der Waals surface area contributed by atoms with Crippen LogP contribution >= 0.6 is 12.2 Å². The number of thiocarbonyl (C=S) groups is 1. The van der Waals surface area contributed by atoms with Crippen LogP contribution < -0.4 is 20.1 Å². The lowest BCUT2D eigenvalue weighted by Crippen LogP contribution is -2.20. The van der Waals surface area contributed by atoms with Gasteiger partial charge in [0.05, 0.1) is 7.11 Å². The third-order valence-electron chi connectivity index (χ3n) is 3.61. The summed E-state index contributed by atoms with van der Waals surface area (Å²) in [7, 11) is 1.45. The quantitative estimate of drug-likeness (QED) is 0.571. The molecule has 1 aliphatic heterocycles. The van der Waals surface area contributed by atoms with Crippen LogP contribution in [0.2, 0.25) is 0 Å². The maximum absolute atomic E-state index is 12.9. The van der Waals surface area contributed by atoms with E-state index in [0.717, 1.165) is 0 Å². The molecule has 0 unspecified atom stereocenters. The number of anilines is 1. The number of ether oxygens (including phenoxy) is 3. The van der Waals surface area contributed by atoms with Crippen molar-refractivity contribution in [2.45, 2.75) is 0 Å². The molecular formula is C19H15FN2O5S. The number of hydrogen-bond acceptors (Lipinski definition) is 6. The van der Waals surface area contributed by atoms with E-state index in [1.54, 1.807) is 18.2 Å². The molecule has 7 nitrogen and oxygen atoms in total. The molecule has 0 spiro atoms. The predicted molar refractivity (Wildman–Crippen MR) is 103 cm³/mol. The van der Waals surface area contributed by atoms with Gasteiger partial charge < -0.3 is 19.5 Å². The smallest absolute Gasteiger partial charge is 0.294 e. The van der Waals surface area contributed by atoms with Crippen molar-refractivity contribution in [3.8, 4) is 11.5 Å². The first-order valence-corrected chi connectivity index (χ1v) is 8.46. The van der Waals surface area contributed by atoms with Gasteiger partial charge in [-0.15, -0.1) is 0 Å². The van der Waals surface area contributed by atoms with E-state index in [-0.39, 0.29) is 17.5 Å². The average molecular weight is 402 g/mol. The SMILES string of the molecule is COc1cc(C=C2OC(=S)NC2=O)ccc1OCC(=O)Nc1ccc(F)cc1. The summed E-state index contributed by atoms with van der Waals surface area (Å²) in [4.78, 5) is 23.6. The van der Waals surface area contributed by atoms with Crippen molar-refractivity contribution in [2.75, 3.05) is 19.0 Å². The van der Waals surface area contributed by atoms with Crippen molar-refractivity contribution in [1.29, 1.82) is 0 Å². The maximum Gasteiger partial charge on any atom is 0.294 e. The topological polar surface area (TPSA) is 85.9 Å². The van der Waals surface area contributed by atoms with Crippen molar-refractivity contribution in [1.82, 2.24) is 5.32 Å². The van der Waals surface area contributed by atoms with E-state index in [1.807, 2.05) is 0 Å². The van der Waals surface area contributed by atoms with Crippen molar-refractivity contribution in [3.63, 3.8) is 0 Å². The molecule has 0 saturated carbocycles. The second-order valence-corrected chi connectivity index (χ2v) is 5.98. The van der Waals surface area contributed by atoms with Crippen LogP contribution in [0.1, 0.15) is 5.56 Å². The van der Waals surface area contributed by atoms with Gasteiger partial charge in [-0.05, 0) is 60.3 Å². The molecule has 1 aliphatic rings. The zero-order valence-electron chi connectivity index (χ0n) is 14.7. The summed E-state index contributed by atoms with van der Waals surface area (Å²) in [5, 5.41) is 4.95. The lowest BCUT2D eigenvalue weighted by atomic mass is 10.1. The molecule has 0 aliphatic carbocycles. The van der Waals surface area contributed by atoms with E-state index in [1.165, 1.54) is 37.5 Å². The minimum absolute atomic E-state index is 0.00432. The monoisotopic (exact) mass is 402 g/mol. The van der Waals surface area contributed by atoms with Crippen LogP contribution in [0.4, 0.5) is 10.1 Å². The highest BCUT2D eigenvalue weighted by molar-refractivity contribution is 7.80. The Morgan fingerprint density at radius 3 is 2.64 bits per heavy atom. The van der Waals surface area contributed by atoms with E-state index in [0.29, 0.717) is 22.7 Å². The molecule has 144 valence electrons. The second-order valence-electron chi connectivity index (χ2n) is 5.61. The Bertz CT molecular complexity index is 959. The fraction of sp³-hybridized carbons (Fsp3) is 0.105. The number of nitrogens with one attached hydrogen (secondary N) is 2. The number of amides is 2. The van der Waals surface area contributed by atoms with Crippen LogP contribution in [0.5, 0.6) is 11.5 Å². The summed E-state index contributed by atoms with van der Waals surface area (Å²) < 4.78 is 28.7. The van der Waals surface area contributed by atoms with Gasteiger partial charge in [-0.2, -0.15) is 0 Å². The molecule has 2 aromatic carbocycles. The van der Waals surface area contributed by atoms with Crippen molar-refractivity contribution in [2.24, 2.45) is 0 Å². The largest absolute Gasteiger partial charge is 0.493 e. The van der Waals surface area contributed by atoms with Crippen molar-refractivity contribution in [3.05, 3.63) is 59.6 Å². The van der Waals surface area contributed by atoms with Crippen LogP contribution in [0.3, 0.4) is 0 Å². The van der Waals surface area contributed by atoms with Gasteiger partial charge in [0, 0.05) is 5.69 Å². The Kier molecular flexibility index (Phi) is 5.85. The molecule has 9 heteroatoms. The Morgan fingerprint density at radius 2 is 2.00 bits per heavy atom. The molecular weight excluding hydrogens is 387 g/mol. The lowest BCUT2D eigenvalue weighted by molar-refractivity contribution is -0.118. The minimum atomic E-state index is -0.429. The molecule has 2 aromatic rings. The van der Waals surface area contributed by atoms with Crippen molar-refractivity contribution >= 4 is 41.0 Å². The summed E-state index contributed by atoms with van der Waals surface area (Å²) >= 11 is 4.77. The molecule has 28 heavy (non-hydrogen) atoms. The first-order chi connectivity index (χ1) is 13.4. The number of carbonyl (C=O) groups is 2. The van der Waals surface area contributed by atoms with Gasteiger partial charge in [-0.3, -0.25) is 14.9 Å². The summed E-state index contributed by atoms with van der Waals surface area (Å²) in [6.07, 6.45) is 1.50. The summed E-state index contributed by atoms with van der Waals surface area (Å²) in [5.74, 6) is -0.460. The normalized spacial score (nSPS) is 14.4. The number of hydrogen-bond donors (Lipinski definition) is 2. The Hall–Kier alpha value is -3.46. The highest BCUT2D eigenvalue weighted by Gasteiger charge is 2.23. The molecule has 0 radical (unpaired) electrons. The van der Waals surface area contributed by atoms with E-state index in [2.05, 4.69) is 10.6 Å². The average Bonchev–Trinajstić information content (AvgIpc) is 2.99. The number of benzene rings is 2. The number of carbonyl (C=O) groups excluding carboxylic acids is 2. The molecule has 0 atom stereocenters. The molecule has 2 amide bonds. The third kappa shape index (κ3) is 4.83. The molecule has 1 fully saturated rings. The van der Waals surface area contributed by atoms with E-state index in [4.69, 9.17) is 26.4 Å². The first kappa shape index (κ1) is 19.3. The highest BCUT2D eigenvalue weighted by atomic mass is 32.1. The molecule has 0 aromatic heterocycles. The summed E-state index contributed by atoms with van der Waals surface area (Å²) in [5.41, 5.74) is 1.08. The number of rotatable bonds is 6. The molecule has 2 N–H and O–H groups in total. The Morgan fingerprint density at radius 1 is 1.25 bits per heavy atom. The molecule has 1 heterocycles. The van der Waals surface area contributed by atoms with Crippen LogP contribution in [-0.2, 0) is 14.3 Å².